The Labute approximate surface area is 110 Å². The predicted molar refractivity (Wildman–Crippen MR) is 67.3 cm³/mol. The van der Waals surface area contributed by atoms with Crippen molar-refractivity contribution in [2.45, 2.75) is 6.18 Å². The number of halogens is 3. The van der Waals surface area contributed by atoms with Gasteiger partial charge in [0.2, 0.25) is 0 Å². The minimum absolute atomic E-state index is 0.225. The maximum Gasteiger partial charge on any atom is 0.416 e. The second-order valence-electron chi connectivity index (χ2n) is 4.27. The molecule has 0 saturated heterocycles. The van der Waals surface area contributed by atoms with Crippen LogP contribution in [0.5, 0.6) is 0 Å². The quantitative estimate of drug-likeness (QED) is 0.736. The topological polar surface area (TPSA) is 46.0 Å². The number of pyridine rings is 1. The van der Waals surface area contributed by atoms with Crippen molar-refractivity contribution in [1.82, 2.24) is 4.98 Å². The fourth-order valence-electron chi connectivity index (χ4n) is 1.97. The van der Waals surface area contributed by atoms with Gasteiger partial charge in [-0.1, -0.05) is 12.1 Å². The molecule has 3 rings (SSSR count). The minimum Gasteiger partial charge on any atom is -0.456 e. The monoisotopic (exact) mass is 279 g/mol. The van der Waals surface area contributed by atoms with E-state index in [0.29, 0.717) is 11.0 Å². The lowest BCUT2D eigenvalue weighted by Crippen LogP contribution is -2.04. The summed E-state index contributed by atoms with van der Waals surface area (Å²) < 4.78 is 43.4. The third-order valence-corrected chi connectivity index (χ3v) is 2.93. The molecule has 1 N–H and O–H groups in total. The maximum atomic E-state index is 12.7. The first kappa shape index (κ1) is 12.5. The zero-order valence-corrected chi connectivity index (χ0v) is 9.99. The smallest absolute Gasteiger partial charge is 0.416 e. The van der Waals surface area contributed by atoms with Gasteiger partial charge in [-0.05, 0) is 24.3 Å². The van der Waals surface area contributed by atoms with Gasteiger partial charge in [-0.2, -0.15) is 13.2 Å². The van der Waals surface area contributed by atoms with Gasteiger partial charge in [0.1, 0.15) is 11.3 Å². The van der Waals surface area contributed by atoms with E-state index < -0.39 is 11.7 Å². The van der Waals surface area contributed by atoms with Gasteiger partial charge >= 0.3 is 6.18 Å². The zero-order valence-electron chi connectivity index (χ0n) is 9.99. The van der Waals surface area contributed by atoms with Gasteiger partial charge in [-0.15, -0.1) is 0 Å². The Balaban J connectivity index is 2.16. The Hall–Kier alpha value is -2.50. The van der Waals surface area contributed by atoms with Crippen LogP contribution in [0.3, 0.4) is 0 Å². The van der Waals surface area contributed by atoms with Crippen LogP contribution in [0.4, 0.5) is 13.2 Å². The number of hydrogen-bond acceptors (Lipinski definition) is 2. The molecular weight excluding hydrogens is 271 g/mol. The van der Waals surface area contributed by atoms with E-state index in [0.717, 1.165) is 12.1 Å². The first-order valence-electron chi connectivity index (χ1n) is 5.74. The van der Waals surface area contributed by atoms with Crippen LogP contribution in [0.15, 0.2) is 51.8 Å². The van der Waals surface area contributed by atoms with Crippen molar-refractivity contribution >= 4 is 11.0 Å². The average molecular weight is 279 g/mol. The van der Waals surface area contributed by atoms with E-state index in [1.807, 2.05) is 0 Å². The van der Waals surface area contributed by atoms with E-state index in [4.69, 9.17) is 4.42 Å². The van der Waals surface area contributed by atoms with Crippen molar-refractivity contribution in [1.29, 1.82) is 0 Å². The molecule has 2 aromatic heterocycles. The van der Waals surface area contributed by atoms with Gasteiger partial charge in [-0.3, -0.25) is 4.79 Å². The molecule has 0 saturated carbocycles. The number of aromatic nitrogens is 1. The van der Waals surface area contributed by atoms with Gasteiger partial charge < -0.3 is 9.40 Å². The van der Waals surface area contributed by atoms with E-state index in [9.17, 15) is 18.0 Å². The van der Waals surface area contributed by atoms with Gasteiger partial charge in [0.25, 0.3) is 5.56 Å². The Morgan fingerprint density at radius 1 is 1.10 bits per heavy atom. The fourth-order valence-corrected chi connectivity index (χ4v) is 1.97. The zero-order chi connectivity index (χ0) is 14.3. The number of fused-ring (bicyclic) bond motifs is 1. The number of benzene rings is 1. The minimum atomic E-state index is -4.42. The van der Waals surface area contributed by atoms with Crippen molar-refractivity contribution in [2.75, 3.05) is 0 Å². The number of rotatable bonds is 1. The Kier molecular flexibility index (Phi) is 2.67. The first-order valence-corrected chi connectivity index (χ1v) is 5.74. The maximum absolute atomic E-state index is 12.7. The highest BCUT2D eigenvalue weighted by atomic mass is 19.4. The van der Waals surface area contributed by atoms with Crippen molar-refractivity contribution in [3.8, 4) is 11.3 Å². The van der Waals surface area contributed by atoms with Crippen LogP contribution in [-0.4, -0.2) is 4.98 Å². The summed E-state index contributed by atoms with van der Waals surface area (Å²) in [5.74, 6) is 0.225. The van der Waals surface area contributed by atoms with Gasteiger partial charge in [0, 0.05) is 11.8 Å². The number of nitrogens with one attached hydrogen (secondary N) is 1. The average Bonchev–Trinajstić information content (AvgIpc) is 2.83. The van der Waals surface area contributed by atoms with Crippen LogP contribution in [0.2, 0.25) is 0 Å². The number of H-pyrrole nitrogens is 1. The van der Waals surface area contributed by atoms with Crippen LogP contribution < -0.4 is 5.56 Å². The second-order valence-corrected chi connectivity index (χ2v) is 4.27. The summed E-state index contributed by atoms with van der Waals surface area (Å²) in [6, 6.07) is 7.76. The molecule has 20 heavy (non-hydrogen) atoms. The van der Waals surface area contributed by atoms with Gasteiger partial charge in [0.05, 0.1) is 10.9 Å². The molecule has 3 nitrogen and oxygen atoms in total. The summed E-state index contributed by atoms with van der Waals surface area (Å²) in [4.78, 5) is 14.0. The van der Waals surface area contributed by atoms with Crippen LogP contribution in [0.25, 0.3) is 22.3 Å². The molecular formula is C14H8F3NO2. The van der Waals surface area contributed by atoms with E-state index >= 15 is 0 Å². The van der Waals surface area contributed by atoms with Crippen LogP contribution in [-0.2, 0) is 6.18 Å². The van der Waals surface area contributed by atoms with Crippen LogP contribution in [0, 0.1) is 0 Å². The van der Waals surface area contributed by atoms with Crippen LogP contribution >= 0.6 is 0 Å². The molecule has 0 unspecified atom stereocenters. The lowest BCUT2D eigenvalue weighted by molar-refractivity contribution is -0.137. The number of hydrogen-bond donors (Lipinski definition) is 1. The SMILES string of the molecule is O=c1[nH]ccc2oc(-c3cccc(C(F)(F)F)c3)cc12. The summed E-state index contributed by atoms with van der Waals surface area (Å²) >= 11 is 0. The summed E-state index contributed by atoms with van der Waals surface area (Å²) in [6.07, 6.45) is -3.00. The van der Waals surface area contributed by atoms with E-state index in [1.165, 1.54) is 24.4 Å². The van der Waals surface area contributed by atoms with Gasteiger partial charge in [-0.25, -0.2) is 0 Å². The molecule has 0 aliphatic heterocycles. The highest BCUT2D eigenvalue weighted by Gasteiger charge is 2.30. The van der Waals surface area contributed by atoms with Crippen molar-refractivity contribution in [3.05, 3.63) is 58.5 Å². The van der Waals surface area contributed by atoms with E-state index in [2.05, 4.69) is 4.98 Å². The molecule has 2 heterocycles. The number of furan rings is 1. The summed E-state index contributed by atoms with van der Waals surface area (Å²) in [5.41, 5.74) is -0.495. The Morgan fingerprint density at radius 2 is 1.90 bits per heavy atom. The Morgan fingerprint density at radius 3 is 2.60 bits per heavy atom. The normalized spacial score (nSPS) is 11.9. The molecule has 0 fully saturated rings. The van der Waals surface area contributed by atoms with E-state index in [-0.39, 0.29) is 16.9 Å². The molecule has 0 bridgehead atoms. The van der Waals surface area contributed by atoms with E-state index in [1.54, 1.807) is 6.07 Å². The lowest BCUT2D eigenvalue weighted by Gasteiger charge is -2.07. The summed E-state index contributed by atoms with van der Waals surface area (Å²) in [5, 5.41) is 0.305. The number of aromatic amines is 1. The largest absolute Gasteiger partial charge is 0.456 e. The molecule has 6 heteroatoms. The van der Waals surface area contributed by atoms with Crippen molar-refractivity contribution in [3.63, 3.8) is 0 Å². The summed E-state index contributed by atoms with van der Waals surface area (Å²) in [7, 11) is 0. The molecule has 0 spiro atoms. The third kappa shape index (κ3) is 2.09. The third-order valence-electron chi connectivity index (χ3n) is 2.93. The molecule has 0 radical (unpaired) electrons. The van der Waals surface area contributed by atoms with Crippen LogP contribution in [0.1, 0.15) is 5.56 Å². The summed E-state index contributed by atoms with van der Waals surface area (Å²) in [6.45, 7) is 0. The molecule has 3 aromatic rings. The Bertz CT molecular complexity index is 830. The molecule has 1 aromatic carbocycles. The molecule has 0 amide bonds. The standard InChI is InChI=1S/C14H8F3NO2/c15-14(16,17)9-3-1-2-8(6-9)12-7-10-11(20-12)4-5-18-13(10)19/h1-7H,(H,18,19). The molecule has 0 aliphatic rings. The highest BCUT2D eigenvalue weighted by molar-refractivity contribution is 5.81. The van der Waals surface area contributed by atoms with Crippen molar-refractivity contribution in [2.24, 2.45) is 0 Å². The molecule has 0 aliphatic carbocycles. The molecule has 102 valence electrons. The molecule has 0 atom stereocenters. The van der Waals surface area contributed by atoms with Crippen molar-refractivity contribution < 1.29 is 17.6 Å². The lowest BCUT2D eigenvalue weighted by atomic mass is 10.1. The second kappa shape index (κ2) is 4.26. The van der Waals surface area contributed by atoms with Gasteiger partial charge in [0.15, 0.2) is 0 Å². The fraction of sp³-hybridized carbons (Fsp3) is 0.0714. The first-order chi connectivity index (χ1) is 9.45. The highest BCUT2D eigenvalue weighted by Crippen LogP contribution is 2.33. The number of alkyl halides is 3. The predicted octanol–water partition coefficient (Wildman–Crippen LogP) is 3.81.